The standard InChI is InChI=1S/C16H21N3O3S2/c1-7(2)10-13(23-9(5)17-10)14(20)19-16-18-11(15(21)22-6)12(24-16)8(3)4/h7-8H,1-6H3,(H,18,19,20). The Morgan fingerprint density at radius 1 is 1.08 bits per heavy atom. The van der Waals surface area contributed by atoms with Crippen LogP contribution in [0.5, 0.6) is 0 Å². The molecule has 0 spiro atoms. The Balaban J connectivity index is 2.31. The number of hydrogen-bond donors (Lipinski definition) is 1. The van der Waals surface area contributed by atoms with Crippen molar-refractivity contribution in [3.8, 4) is 0 Å². The first-order valence-electron chi connectivity index (χ1n) is 7.62. The summed E-state index contributed by atoms with van der Waals surface area (Å²) in [4.78, 5) is 34.5. The van der Waals surface area contributed by atoms with E-state index in [2.05, 4.69) is 15.3 Å². The largest absolute Gasteiger partial charge is 0.464 e. The fourth-order valence-corrected chi connectivity index (χ4v) is 4.09. The van der Waals surface area contributed by atoms with Crippen molar-refractivity contribution in [2.75, 3.05) is 12.4 Å². The second kappa shape index (κ2) is 7.40. The zero-order chi connectivity index (χ0) is 18.0. The van der Waals surface area contributed by atoms with E-state index in [1.165, 1.54) is 29.8 Å². The van der Waals surface area contributed by atoms with Crippen LogP contribution in [0.1, 0.15) is 75.3 Å². The summed E-state index contributed by atoms with van der Waals surface area (Å²) in [7, 11) is 1.32. The van der Waals surface area contributed by atoms with Gasteiger partial charge in [-0.15, -0.1) is 22.7 Å². The predicted octanol–water partition coefficient (Wildman–Crippen LogP) is 4.19. The zero-order valence-corrected chi connectivity index (χ0v) is 16.2. The third kappa shape index (κ3) is 3.81. The molecule has 0 aliphatic heterocycles. The van der Waals surface area contributed by atoms with Crippen molar-refractivity contribution in [1.82, 2.24) is 9.97 Å². The minimum absolute atomic E-state index is 0.110. The molecule has 0 aliphatic carbocycles. The van der Waals surface area contributed by atoms with E-state index in [1.54, 1.807) is 0 Å². The van der Waals surface area contributed by atoms with E-state index >= 15 is 0 Å². The third-order valence-corrected chi connectivity index (χ3v) is 5.55. The van der Waals surface area contributed by atoms with Crippen molar-refractivity contribution in [3.63, 3.8) is 0 Å². The van der Waals surface area contributed by atoms with E-state index in [1.807, 2.05) is 34.6 Å². The average molecular weight is 367 g/mol. The van der Waals surface area contributed by atoms with Crippen LogP contribution < -0.4 is 5.32 Å². The monoisotopic (exact) mass is 367 g/mol. The number of amides is 1. The van der Waals surface area contributed by atoms with Crippen molar-refractivity contribution in [2.24, 2.45) is 0 Å². The van der Waals surface area contributed by atoms with E-state index in [9.17, 15) is 9.59 Å². The normalized spacial score (nSPS) is 11.2. The van der Waals surface area contributed by atoms with Crippen LogP contribution in [0.4, 0.5) is 5.13 Å². The van der Waals surface area contributed by atoms with Crippen LogP contribution in [0.15, 0.2) is 0 Å². The Bertz CT molecular complexity index is 763. The van der Waals surface area contributed by atoms with Crippen LogP contribution >= 0.6 is 22.7 Å². The molecule has 24 heavy (non-hydrogen) atoms. The van der Waals surface area contributed by atoms with Crippen LogP contribution in [0.2, 0.25) is 0 Å². The van der Waals surface area contributed by atoms with Crippen LogP contribution in [-0.4, -0.2) is 29.0 Å². The van der Waals surface area contributed by atoms with Gasteiger partial charge >= 0.3 is 5.97 Å². The van der Waals surface area contributed by atoms with Gasteiger partial charge in [0.05, 0.1) is 17.8 Å². The highest BCUT2D eigenvalue weighted by Crippen LogP contribution is 2.31. The highest BCUT2D eigenvalue weighted by molar-refractivity contribution is 7.16. The predicted molar refractivity (Wildman–Crippen MR) is 96.4 cm³/mol. The van der Waals surface area contributed by atoms with Gasteiger partial charge in [-0.25, -0.2) is 14.8 Å². The molecule has 6 nitrogen and oxygen atoms in total. The van der Waals surface area contributed by atoms with Crippen molar-refractivity contribution < 1.29 is 14.3 Å². The molecule has 2 aromatic heterocycles. The second-order valence-corrected chi connectivity index (χ2v) is 8.17. The first-order valence-corrected chi connectivity index (χ1v) is 9.25. The number of carbonyl (C=O) groups is 2. The first kappa shape index (κ1) is 18.5. The fraction of sp³-hybridized carbons (Fsp3) is 0.500. The minimum atomic E-state index is -0.494. The molecular formula is C16H21N3O3S2. The minimum Gasteiger partial charge on any atom is -0.464 e. The molecule has 1 N–H and O–H groups in total. The molecule has 0 atom stereocenters. The Hall–Kier alpha value is -1.80. The SMILES string of the molecule is COC(=O)c1nc(NC(=O)c2sc(C)nc2C(C)C)sc1C(C)C. The molecule has 0 saturated carbocycles. The summed E-state index contributed by atoms with van der Waals surface area (Å²) in [5.74, 6) is -0.472. The van der Waals surface area contributed by atoms with Gasteiger partial charge in [-0.1, -0.05) is 27.7 Å². The number of nitrogens with zero attached hydrogens (tertiary/aromatic N) is 2. The quantitative estimate of drug-likeness (QED) is 0.801. The lowest BCUT2D eigenvalue weighted by atomic mass is 10.1. The van der Waals surface area contributed by atoms with Gasteiger partial charge in [-0.3, -0.25) is 10.1 Å². The maximum absolute atomic E-state index is 12.6. The van der Waals surface area contributed by atoms with E-state index < -0.39 is 5.97 Å². The summed E-state index contributed by atoms with van der Waals surface area (Å²) >= 11 is 2.66. The molecule has 0 fully saturated rings. The number of aryl methyl sites for hydroxylation is 1. The van der Waals surface area contributed by atoms with Crippen LogP contribution in [0, 0.1) is 6.92 Å². The molecule has 8 heteroatoms. The summed E-state index contributed by atoms with van der Waals surface area (Å²) in [6.07, 6.45) is 0. The molecule has 1 amide bonds. The van der Waals surface area contributed by atoms with Gasteiger partial charge in [0.25, 0.3) is 5.91 Å². The Kier molecular flexibility index (Phi) is 5.71. The van der Waals surface area contributed by atoms with Crippen molar-refractivity contribution in [1.29, 1.82) is 0 Å². The molecule has 0 unspecified atom stereocenters. The fourth-order valence-electron chi connectivity index (χ4n) is 2.17. The number of aromatic nitrogens is 2. The Morgan fingerprint density at radius 2 is 1.75 bits per heavy atom. The van der Waals surface area contributed by atoms with Crippen LogP contribution in [-0.2, 0) is 4.74 Å². The molecule has 0 saturated heterocycles. The van der Waals surface area contributed by atoms with Crippen LogP contribution in [0.25, 0.3) is 0 Å². The first-order chi connectivity index (χ1) is 11.2. The number of ether oxygens (including phenoxy) is 1. The molecule has 2 rings (SSSR count). The topological polar surface area (TPSA) is 81.2 Å². The highest BCUT2D eigenvalue weighted by atomic mass is 32.1. The van der Waals surface area contributed by atoms with Gasteiger partial charge in [0.2, 0.25) is 0 Å². The van der Waals surface area contributed by atoms with Gasteiger partial charge in [0, 0.05) is 4.88 Å². The molecule has 130 valence electrons. The second-order valence-electron chi connectivity index (χ2n) is 5.93. The summed E-state index contributed by atoms with van der Waals surface area (Å²) in [5, 5.41) is 4.03. The lowest BCUT2D eigenvalue weighted by molar-refractivity contribution is 0.0593. The maximum atomic E-state index is 12.6. The number of esters is 1. The van der Waals surface area contributed by atoms with Gasteiger partial charge in [-0.2, -0.15) is 0 Å². The molecule has 2 heterocycles. The summed E-state index contributed by atoms with van der Waals surface area (Å²) in [5.41, 5.74) is 1.04. The number of anilines is 1. The molecule has 0 bridgehead atoms. The van der Waals surface area contributed by atoms with E-state index in [4.69, 9.17) is 4.74 Å². The Labute approximate surface area is 149 Å². The number of hydrogen-bond acceptors (Lipinski definition) is 7. The maximum Gasteiger partial charge on any atom is 0.357 e. The molecule has 0 aromatic carbocycles. The summed E-state index contributed by atoms with van der Waals surface area (Å²) in [6, 6.07) is 0. The van der Waals surface area contributed by atoms with E-state index in [-0.39, 0.29) is 23.4 Å². The lowest BCUT2D eigenvalue weighted by Crippen LogP contribution is -2.13. The van der Waals surface area contributed by atoms with Crippen molar-refractivity contribution in [3.05, 3.63) is 26.1 Å². The number of thiazole rings is 2. The van der Waals surface area contributed by atoms with Gasteiger partial charge in [0.15, 0.2) is 10.8 Å². The number of nitrogens with one attached hydrogen (secondary N) is 1. The van der Waals surface area contributed by atoms with Gasteiger partial charge in [-0.05, 0) is 18.8 Å². The summed E-state index contributed by atoms with van der Waals surface area (Å²) < 4.78 is 4.77. The zero-order valence-electron chi connectivity index (χ0n) is 14.6. The van der Waals surface area contributed by atoms with E-state index in [0.29, 0.717) is 10.0 Å². The number of rotatable bonds is 5. The average Bonchev–Trinajstić information content (AvgIpc) is 3.10. The van der Waals surface area contributed by atoms with Gasteiger partial charge < -0.3 is 4.74 Å². The van der Waals surface area contributed by atoms with Gasteiger partial charge in [0.1, 0.15) is 4.88 Å². The van der Waals surface area contributed by atoms with Crippen LogP contribution in [0.3, 0.4) is 0 Å². The smallest absolute Gasteiger partial charge is 0.357 e. The molecular weight excluding hydrogens is 346 g/mol. The Morgan fingerprint density at radius 3 is 2.29 bits per heavy atom. The molecule has 0 radical (unpaired) electrons. The number of methoxy groups -OCH3 is 1. The highest BCUT2D eigenvalue weighted by Gasteiger charge is 2.24. The third-order valence-electron chi connectivity index (χ3n) is 3.29. The summed E-state index contributed by atoms with van der Waals surface area (Å²) in [6.45, 7) is 9.81. The molecule has 2 aromatic rings. The van der Waals surface area contributed by atoms with E-state index in [0.717, 1.165) is 15.6 Å². The van der Waals surface area contributed by atoms with Crippen molar-refractivity contribution in [2.45, 2.75) is 46.5 Å². The lowest BCUT2D eigenvalue weighted by Gasteiger charge is -2.04. The number of carbonyl (C=O) groups excluding carboxylic acids is 2. The van der Waals surface area contributed by atoms with Crippen molar-refractivity contribution >= 4 is 39.7 Å². The molecule has 0 aliphatic rings.